The number of carboxylic acids is 1. The van der Waals surface area contributed by atoms with Gasteiger partial charge in [0, 0.05) is 19.6 Å². The molecule has 4 heteroatoms. The predicted octanol–water partition coefficient (Wildman–Crippen LogP) is 0.736. The Morgan fingerprint density at radius 3 is 2.56 bits per heavy atom. The second-order valence-corrected chi connectivity index (χ2v) is 4.18. The van der Waals surface area contributed by atoms with Crippen molar-refractivity contribution in [3.05, 3.63) is 35.9 Å². The molecule has 1 atom stereocenters. The van der Waals surface area contributed by atoms with Crippen molar-refractivity contribution in [2.24, 2.45) is 5.92 Å². The van der Waals surface area contributed by atoms with Gasteiger partial charge in [-0.1, -0.05) is 30.3 Å². The average molecular weight is 221 g/mol. The number of β-amino-alcohol motifs (C(OH)–C–C–N with tert-alkyl or cyclic N) is 1. The fourth-order valence-electron chi connectivity index (χ4n) is 1.90. The Bertz CT molecular complexity index is 360. The maximum absolute atomic E-state index is 10.6. The molecule has 1 aromatic rings. The highest BCUT2D eigenvalue weighted by atomic mass is 16.4. The van der Waals surface area contributed by atoms with E-state index in [0.717, 1.165) is 5.56 Å². The Morgan fingerprint density at radius 2 is 2.00 bits per heavy atom. The van der Waals surface area contributed by atoms with Crippen LogP contribution in [0, 0.1) is 5.92 Å². The number of hydrogen-bond acceptors (Lipinski definition) is 3. The zero-order chi connectivity index (χ0) is 11.5. The van der Waals surface area contributed by atoms with E-state index in [-0.39, 0.29) is 5.92 Å². The van der Waals surface area contributed by atoms with Crippen LogP contribution >= 0.6 is 0 Å². The van der Waals surface area contributed by atoms with Crippen molar-refractivity contribution >= 4 is 5.97 Å². The average Bonchev–Trinajstić information content (AvgIpc) is 2.23. The summed E-state index contributed by atoms with van der Waals surface area (Å²) < 4.78 is 0. The lowest BCUT2D eigenvalue weighted by atomic mass is 9.99. The van der Waals surface area contributed by atoms with Crippen molar-refractivity contribution in [1.29, 1.82) is 0 Å². The van der Waals surface area contributed by atoms with Crippen LogP contribution in [0.2, 0.25) is 0 Å². The molecule has 0 bridgehead atoms. The van der Waals surface area contributed by atoms with Crippen molar-refractivity contribution in [3.8, 4) is 0 Å². The fourth-order valence-corrected chi connectivity index (χ4v) is 1.90. The van der Waals surface area contributed by atoms with E-state index >= 15 is 0 Å². The van der Waals surface area contributed by atoms with Gasteiger partial charge in [-0.25, -0.2) is 0 Å². The molecule has 1 aromatic carbocycles. The quantitative estimate of drug-likeness (QED) is 0.787. The van der Waals surface area contributed by atoms with Crippen LogP contribution in [0.1, 0.15) is 11.7 Å². The lowest BCUT2D eigenvalue weighted by Gasteiger charge is -2.37. The van der Waals surface area contributed by atoms with Gasteiger partial charge in [0.05, 0.1) is 12.0 Å². The van der Waals surface area contributed by atoms with E-state index in [1.54, 1.807) is 0 Å². The number of likely N-dealkylation sites (tertiary alicyclic amines) is 1. The summed E-state index contributed by atoms with van der Waals surface area (Å²) in [5.41, 5.74) is 0.876. The van der Waals surface area contributed by atoms with Crippen LogP contribution in [-0.2, 0) is 4.79 Å². The molecule has 1 heterocycles. The molecule has 16 heavy (non-hydrogen) atoms. The summed E-state index contributed by atoms with van der Waals surface area (Å²) in [7, 11) is 0. The summed E-state index contributed by atoms with van der Waals surface area (Å²) in [6.07, 6.45) is -0.532. The minimum Gasteiger partial charge on any atom is -0.481 e. The van der Waals surface area contributed by atoms with Crippen LogP contribution in [0.25, 0.3) is 0 Å². The highest BCUT2D eigenvalue weighted by Gasteiger charge is 2.33. The number of carboxylic acid groups (broad SMARTS) is 1. The molecular weight excluding hydrogens is 206 g/mol. The molecule has 0 saturated carbocycles. The highest BCUT2D eigenvalue weighted by molar-refractivity contribution is 5.71. The molecule has 0 radical (unpaired) electrons. The van der Waals surface area contributed by atoms with Gasteiger partial charge in [-0.2, -0.15) is 0 Å². The summed E-state index contributed by atoms with van der Waals surface area (Å²) in [6.45, 7) is 1.59. The zero-order valence-corrected chi connectivity index (χ0v) is 8.91. The van der Waals surface area contributed by atoms with E-state index in [2.05, 4.69) is 0 Å². The third-order valence-corrected chi connectivity index (χ3v) is 2.92. The van der Waals surface area contributed by atoms with E-state index in [4.69, 9.17) is 5.11 Å². The first kappa shape index (κ1) is 11.1. The lowest BCUT2D eigenvalue weighted by Crippen LogP contribution is -2.51. The maximum atomic E-state index is 10.6. The van der Waals surface area contributed by atoms with Gasteiger partial charge < -0.3 is 10.2 Å². The van der Waals surface area contributed by atoms with Crippen molar-refractivity contribution < 1.29 is 15.0 Å². The van der Waals surface area contributed by atoms with E-state index in [9.17, 15) is 9.90 Å². The summed E-state index contributed by atoms with van der Waals surface area (Å²) in [5.74, 6) is -1.01. The Morgan fingerprint density at radius 1 is 1.38 bits per heavy atom. The van der Waals surface area contributed by atoms with Crippen molar-refractivity contribution in [1.82, 2.24) is 4.90 Å². The van der Waals surface area contributed by atoms with Gasteiger partial charge in [-0.05, 0) is 5.56 Å². The van der Waals surface area contributed by atoms with E-state index < -0.39 is 12.1 Å². The van der Waals surface area contributed by atoms with Crippen LogP contribution < -0.4 is 0 Å². The number of aliphatic hydroxyl groups excluding tert-OH is 1. The fraction of sp³-hybridized carbons (Fsp3) is 0.417. The molecule has 1 fully saturated rings. The summed E-state index contributed by atoms with van der Waals surface area (Å²) in [4.78, 5) is 12.5. The van der Waals surface area contributed by atoms with Gasteiger partial charge >= 0.3 is 5.97 Å². The number of aliphatic carboxylic acids is 1. The predicted molar refractivity (Wildman–Crippen MR) is 59.0 cm³/mol. The SMILES string of the molecule is O=C(O)C1CN(CC(O)c2ccccc2)C1. The normalized spacial score (nSPS) is 19.1. The molecule has 0 aliphatic carbocycles. The molecule has 0 spiro atoms. The van der Waals surface area contributed by atoms with E-state index in [1.165, 1.54) is 0 Å². The van der Waals surface area contributed by atoms with Crippen LogP contribution in [0.4, 0.5) is 0 Å². The van der Waals surface area contributed by atoms with Gasteiger partial charge in [0.1, 0.15) is 0 Å². The largest absolute Gasteiger partial charge is 0.481 e. The van der Waals surface area contributed by atoms with E-state index in [0.29, 0.717) is 19.6 Å². The standard InChI is InChI=1S/C12H15NO3/c14-11(9-4-2-1-3-5-9)8-13-6-10(7-13)12(15)16/h1-5,10-11,14H,6-8H2,(H,15,16). The molecular formula is C12H15NO3. The molecule has 2 N–H and O–H groups in total. The Balaban J connectivity index is 1.82. The van der Waals surface area contributed by atoms with Crippen LogP contribution in [0.3, 0.4) is 0 Å². The Hall–Kier alpha value is -1.39. The summed E-state index contributed by atoms with van der Waals surface area (Å²) in [6, 6.07) is 9.42. The topological polar surface area (TPSA) is 60.8 Å². The first-order chi connectivity index (χ1) is 7.66. The number of hydrogen-bond donors (Lipinski definition) is 2. The smallest absolute Gasteiger partial charge is 0.309 e. The second-order valence-electron chi connectivity index (χ2n) is 4.18. The molecule has 1 aliphatic heterocycles. The number of aliphatic hydroxyl groups is 1. The minimum absolute atomic E-state index is 0.261. The monoisotopic (exact) mass is 221 g/mol. The van der Waals surface area contributed by atoms with Gasteiger partial charge in [-0.15, -0.1) is 0 Å². The minimum atomic E-state index is -0.745. The van der Waals surface area contributed by atoms with Crippen molar-refractivity contribution in [2.75, 3.05) is 19.6 Å². The third-order valence-electron chi connectivity index (χ3n) is 2.92. The van der Waals surface area contributed by atoms with Crippen LogP contribution in [0.15, 0.2) is 30.3 Å². The Labute approximate surface area is 94.1 Å². The van der Waals surface area contributed by atoms with Crippen molar-refractivity contribution in [3.63, 3.8) is 0 Å². The second kappa shape index (κ2) is 4.63. The summed E-state index contributed by atoms with van der Waals surface area (Å²) in [5, 5.41) is 18.6. The molecule has 0 amide bonds. The van der Waals surface area contributed by atoms with Gasteiger partial charge in [-0.3, -0.25) is 9.69 Å². The maximum Gasteiger partial charge on any atom is 0.309 e. The van der Waals surface area contributed by atoms with Gasteiger partial charge in [0.15, 0.2) is 0 Å². The molecule has 1 aliphatic rings. The Kier molecular flexibility index (Phi) is 3.22. The highest BCUT2D eigenvalue weighted by Crippen LogP contribution is 2.20. The molecule has 1 saturated heterocycles. The lowest BCUT2D eigenvalue weighted by molar-refractivity contribution is -0.148. The van der Waals surface area contributed by atoms with Crippen LogP contribution in [0.5, 0.6) is 0 Å². The zero-order valence-electron chi connectivity index (χ0n) is 8.91. The first-order valence-electron chi connectivity index (χ1n) is 5.35. The van der Waals surface area contributed by atoms with Gasteiger partial charge in [0.2, 0.25) is 0 Å². The number of benzene rings is 1. The van der Waals surface area contributed by atoms with Crippen LogP contribution in [-0.4, -0.2) is 40.7 Å². The first-order valence-corrected chi connectivity index (χ1v) is 5.35. The number of carbonyl (C=O) groups is 1. The van der Waals surface area contributed by atoms with Crippen molar-refractivity contribution in [2.45, 2.75) is 6.10 Å². The summed E-state index contributed by atoms with van der Waals surface area (Å²) >= 11 is 0. The molecule has 2 rings (SSSR count). The molecule has 86 valence electrons. The number of rotatable bonds is 4. The van der Waals surface area contributed by atoms with Gasteiger partial charge in [0.25, 0.3) is 0 Å². The third kappa shape index (κ3) is 2.40. The molecule has 1 unspecified atom stereocenters. The van der Waals surface area contributed by atoms with E-state index in [1.807, 2.05) is 35.2 Å². The molecule has 0 aromatic heterocycles. The number of nitrogens with zero attached hydrogens (tertiary/aromatic N) is 1. The molecule has 4 nitrogen and oxygen atoms in total.